The van der Waals surface area contributed by atoms with Crippen LogP contribution in [-0.4, -0.2) is 152 Å². The smallest absolute Gasteiger partial charge is 0.344 e. The molecular weight excluding hydrogens is 972 g/mol. The predicted octanol–water partition coefficient (Wildman–Crippen LogP) is 6.64. The van der Waals surface area contributed by atoms with Gasteiger partial charge in [0.15, 0.2) is 11.1 Å². The number of imidazole rings is 1. The molecule has 0 unspecified atom stereocenters. The highest BCUT2D eigenvalue weighted by molar-refractivity contribution is 6.30. The minimum Gasteiger partial charge on any atom is -0.344 e. The number of aromatic nitrogens is 3. The molecule has 3 aromatic rings. The van der Waals surface area contributed by atoms with E-state index in [4.69, 9.17) is 11.6 Å². The average Bonchev–Trinajstić information content (AvgIpc) is 3.98. The molecule has 4 aliphatic rings. The summed E-state index contributed by atoms with van der Waals surface area (Å²) in [5.74, 6) is -9.64. The molecular formula is C50H64ClF6N9O6. The topological polar surface area (TPSA) is 170 Å². The number of nitrogens with zero attached hydrogens (tertiary/aromatic N) is 7. The van der Waals surface area contributed by atoms with Crippen molar-refractivity contribution in [2.75, 3.05) is 34.2 Å². The van der Waals surface area contributed by atoms with E-state index in [9.17, 15) is 55.1 Å². The zero-order chi connectivity index (χ0) is 52.6. The highest BCUT2D eigenvalue weighted by atomic mass is 35.5. The first kappa shape index (κ1) is 54.3. The number of carbonyl (C=O) groups is 6. The number of rotatable bonds is 11. The monoisotopic (exact) mass is 1040 g/mol. The van der Waals surface area contributed by atoms with Crippen LogP contribution in [0, 0.1) is 17.3 Å². The van der Waals surface area contributed by atoms with E-state index in [0.717, 1.165) is 24.0 Å². The minimum atomic E-state index is -5.40. The van der Waals surface area contributed by atoms with Crippen molar-refractivity contribution in [3.63, 3.8) is 0 Å². The number of nitrogens with one attached hydrogen (secondary N) is 2. The van der Waals surface area contributed by atoms with Crippen molar-refractivity contribution >= 4 is 58.2 Å². The van der Waals surface area contributed by atoms with Crippen LogP contribution in [0.3, 0.4) is 0 Å². The molecule has 2 aliphatic carbocycles. The van der Waals surface area contributed by atoms with Gasteiger partial charge >= 0.3 is 6.18 Å². The van der Waals surface area contributed by atoms with Crippen LogP contribution in [0.1, 0.15) is 96.5 Å². The van der Waals surface area contributed by atoms with Gasteiger partial charge in [-0.05, 0) is 73.3 Å². The van der Waals surface area contributed by atoms with Gasteiger partial charge in [-0.25, -0.2) is 23.1 Å². The van der Waals surface area contributed by atoms with Crippen LogP contribution in [0.4, 0.5) is 26.3 Å². The molecule has 6 atom stereocenters. The van der Waals surface area contributed by atoms with Gasteiger partial charge in [0.05, 0.1) is 12.9 Å². The summed E-state index contributed by atoms with van der Waals surface area (Å²) in [7, 11) is 6.41. The fourth-order valence-electron chi connectivity index (χ4n) is 10.5. The van der Waals surface area contributed by atoms with Gasteiger partial charge in [-0.1, -0.05) is 57.2 Å². The Bertz CT molecular complexity index is 2530. The second-order valence-corrected chi connectivity index (χ2v) is 21.2. The van der Waals surface area contributed by atoms with Crippen LogP contribution in [0.15, 0.2) is 36.8 Å². The average molecular weight is 1040 g/mol. The summed E-state index contributed by atoms with van der Waals surface area (Å²) in [5.41, 5.74) is -0.0607. The van der Waals surface area contributed by atoms with Crippen molar-refractivity contribution in [1.82, 2.24) is 44.8 Å². The molecule has 6 amide bonds. The lowest BCUT2D eigenvalue weighted by atomic mass is 9.64. The number of aryl methyl sites for hydroxylation is 1. The van der Waals surface area contributed by atoms with Crippen LogP contribution in [0.25, 0.3) is 22.3 Å². The molecule has 4 fully saturated rings. The molecule has 2 saturated carbocycles. The molecule has 0 radical (unpaired) electrons. The Morgan fingerprint density at radius 2 is 1.64 bits per heavy atom. The van der Waals surface area contributed by atoms with E-state index in [1.54, 1.807) is 41.2 Å². The van der Waals surface area contributed by atoms with Crippen molar-refractivity contribution < 1.29 is 55.1 Å². The Labute approximate surface area is 419 Å². The quantitative estimate of drug-likeness (QED) is 0.202. The first-order chi connectivity index (χ1) is 33.8. The molecule has 7 rings (SSSR count). The van der Waals surface area contributed by atoms with Crippen LogP contribution in [0.2, 0.25) is 5.02 Å². The number of pyridine rings is 1. The number of amides is 6. The third-order valence-electron chi connectivity index (χ3n) is 14.8. The first-order valence-electron chi connectivity index (χ1n) is 24.7. The molecule has 1 aromatic carbocycles. The second kappa shape index (κ2) is 21.5. The van der Waals surface area contributed by atoms with Crippen molar-refractivity contribution in [3.05, 3.63) is 47.4 Å². The molecule has 4 heterocycles. The number of carbonyl (C=O) groups excluding carboxylic acids is 6. The first-order valence-corrected chi connectivity index (χ1v) is 25.0. The zero-order valence-electron chi connectivity index (χ0n) is 41.4. The SMILES string of the molecule is CC(C)C[C@@H]1NC(=O)[C@@H](N(C)C(=O)[C@@H](NC(=O)[C@@H]2C[C@@H](F)CN2C(=O)C2(C(F)(F)F)CC(F)(F)C2)C2CC2)CCCCCCCN(C)C(=O)[C@H](Cc2cc(Cl)ccc2-c2cnc3c(c2)ncn3C)N(C)C1=O. The number of hydrogen-bond acceptors (Lipinski definition) is 8. The normalized spacial score (nSPS) is 25.1. The van der Waals surface area contributed by atoms with E-state index in [0.29, 0.717) is 65.3 Å². The molecule has 0 spiro atoms. The van der Waals surface area contributed by atoms with Gasteiger partial charge < -0.3 is 34.8 Å². The molecule has 2 aromatic heterocycles. The van der Waals surface area contributed by atoms with Crippen molar-refractivity contribution in [3.8, 4) is 11.1 Å². The Morgan fingerprint density at radius 1 is 0.958 bits per heavy atom. The van der Waals surface area contributed by atoms with Crippen LogP contribution in [-0.2, 0) is 42.2 Å². The number of fused-ring (bicyclic) bond motifs is 1. The van der Waals surface area contributed by atoms with Gasteiger partial charge in [0.2, 0.25) is 35.4 Å². The third kappa shape index (κ3) is 11.6. The summed E-state index contributed by atoms with van der Waals surface area (Å²) in [6, 6.07) is 0.593. The van der Waals surface area contributed by atoms with E-state index < -0.39 is 115 Å². The Balaban J connectivity index is 1.13. The van der Waals surface area contributed by atoms with E-state index >= 15 is 0 Å². The van der Waals surface area contributed by atoms with Crippen LogP contribution in [0.5, 0.6) is 0 Å². The summed E-state index contributed by atoms with van der Waals surface area (Å²) in [6.07, 6.45) is -3.91. The van der Waals surface area contributed by atoms with Gasteiger partial charge in [0, 0.05) is 77.2 Å². The molecule has 15 nitrogen and oxygen atoms in total. The Kier molecular flexibility index (Phi) is 16.3. The van der Waals surface area contributed by atoms with Crippen molar-refractivity contribution in [1.29, 1.82) is 0 Å². The summed E-state index contributed by atoms with van der Waals surface area (Å²) >= 11 is 6.59. The Hall–Kier alpha value is -5.47. The van der Waals surface area contributed by atoms with Crippen molar-refractivity contribution in [2.24, 2.45) is 24.3 Å². The predicted molar refractivity (Wildman–Crippen MR) is 255 cm³/mol. The molecule has 22 heteroatoms. The molecule has 0 bridgehead atoms. The van der Waals surface area contributed by atoms with Gasteiger partial charge in [0.25, 0.3) is 5.92 Å². The lowest BCUT2D eigenvalue weighted by molar-refractivity contribution is -0.299. The summed E-state index contributed by atoms with van der Waals surface area (Å²) in [6.45, 7) is 3.21. The number of likely N-dealkylation sites (N-methyl/N-ethyl adjacent to an activating group) is 3. The van der Waals surface area contributed by atoms with Crippen LogP contribution >= 0.6 is 11.6 Å². The number of halogens is 7. The third-order valence-corrected chi connectivity index (χ3v) is 15.0. The molecule has 394 valence electrons. The lowest BCUT2D eigenvalue weighted by Crippen LogP contribution is -2.65. The van der Waals surface area contributed by atoms with Gasteiger partial charge in [-0.2, -0.15) is 13.2 Å². The summed E-state index contributed by atoms with van der Waals surface area (Å²) in [5, 5.41) is 5.85. The number of hydrogen-bond donors (Lipinski definition) is 2. The van der Waals surface area contributed by atoms with Crippen LogP contribution < -0.4 is 10.6 Å². The van der Waals surface area contributed by atoms with E-state index in [-0.39, 0.29) is 31.1 Å². The molecule has 2 saturated heterocycles. The zero-order valence-corrected chi connectivity index (χ0v) is 42.2. The Morgan fingerprint density at radius 3 is 2.29 bits per heavy atom. The van der Waals surface area contributed by atoms with Gasteiger partial charge in [-0.15, -0.1) is 0 Å². The highest BCUT2D eigenvalue weighted by Gasteiger charge is 2.75. The standard InChI is InChI=1S/C50H64ClF6N9O6/c1-28(2)18-36-44(69)65(6)39(21-30-19-32(51)15-16-34(30)31-20-35-41(58-23-31)63(4)27-59-35)45(70)62(3)17-11-9-7-8-10-12-37(42(67)60-36)64(5)46(71)40(29-13-14-29)61-43(68)38-22-33(52)24-66(38)47(72)48(50(55,56)57)25-49(53,54)26-48/h15-16,19-20,23,27-29,33,36-40H,7-14,17-18,21-22,24-26H2,1-6H3,(H,60,67)(H,61,68)/t33-,36+,37+,38+,39+,40+/m1/s1. The lowest BCUT2D eigenvalue weighted by Gasteiger charge is -2.48. The summed E-state index contributed by atoms with van der Waals surface area (Å²) in [4.78, 5) is 99.6. The maximum Gasteiger partial charge on any atom is 0.403 e. The van der Waals surface area contributed by atoms with Gasteiger partial charge in [0.1, 0.15) is 41.9 Å². The van der Waals surface area contributed by atoms with Crippen molar-refractivity contribution in [2.45, 2.75) is 146 Å². The van der Waals surface area contributed by atoms with Gasteiger partial charge in [-0.3, -0.25) is 28.8 Å². The molecule has 72 heavy (non-hydrogen) atoms. The minimum absolute atomic E-state index is 0.0376. The number of likely N-dealkylation sites (tertiary alicyclic amines) is 1. The maximum atomic E-state index is 14.9. The van der Waals surface area contributed by atoms with E-state index in [1.165, 1.54) is 23.9 Å². The molecule has 2 N–H and O–H groups in total. The fraction of sp³-hybridized carbons (Fsp3) is 0.640. The van der Waals surface area contributed by atoms with E-state index in [2.05, 4.69) is 20.6 Å². The molecule has 2 aliphatic heterocycles. The summed E-state index contributed by atoms with van der Waals surface area (Å²) < 4.78 is 87.4. The highest BCUT2D eigenvalue weighted by Crippen LogP contribution is 2.61. The van der Waals surface area contributed by atoms with E-state index in [1.807, 2.05) is 33.0 Å². The maximum absolute atomic E-state index is 14.9. The number of benzene rings is 1. The second-order valence-electron chi connectivity index (χ2n) is 20.8. The largest absolute Gasteiger partial charge is 0.403 e. The fourth-order valence-corrected chi connectivity index (χ4v) is 10.7. The number of alkyl halides is 6.